The average Bonchev–Trinajstić information content (AvgIpc) is 3.30. The van der Waals surface area contributed by atoms with E-state index in [0.717, 1.165) is 17.2 Å². The Balaban J connectivity index is 1.58. The van der Waals surface area contributed by atoms with Crippen molar-refractivity contribution in [3.63, 3.8) is 0 Å². The highest BCUT2D eigenvalue weighted by atomic mass is 19.4. The zero-order valence-corrected chi connectivity index (χ0v) is 19.6. The molecule has 192 valence electrons. The fourth-order valence-electron chi connectivity index (χ4n) is 4.19. The van der Waals surface area contributed by atoms with Gasteiger partial charge in [0.2, 0.25) is 0 Å². The monoisotopic (exact) mass is 514 g/mol. The molecule has 1 N–H and O–H groups in total. The first-order valence-corrected chi connectivity index (χ1v) is 11.6. The van der Waals surface area contributed by atoms with E-state index in [1.807, 2.05) is 11.0 Å². The van der Waals surface area contributed by atoms with Gasteiger partial charge in [0.05, 0.1) is 17.2 Å². The molecule has 0 saturated carbocycles. The van der Waals surface area contributed by atoms with Crippen LogP contribution in [0.5, 0.6) is 0 Å². The number of nitrogens with one attached hydrogen (secondary N) is 1. The maximum atomic E-state index is 13.7. The van der Waals surface area contributed by atoms with Crippen LogP contribution in [0, 0.1) is 17.1 Å². The molecule has 1 heterocycles. The summed E-state index contributed by atoms with van der Waals surface area (Å²) in [5.74, 6) is -1.44. The van der Waals surface area contributed by atoms with Crippen LogP contribution in [0.25, 0.3) is 11.1 Å². The summed E-state index contributed by atoms with van der Waals surface area (Å²) in [5.41, 5.74) is 0.877. The van der Waals surface area contributed by atoms with E-state index in [0.29, 0.717) is 42.9 Å². The number of benzene rings is 3. The topological polar surface area (TPSA) is 59.4 Å². The van der Waals surface area contributed by atoms with Gasteiger partial charge in [0, 0.05) is 37.6 Å². The molecule has 3 aromatic carbocycles. The molecule has 1 saturated heterocycles. The first kappa shape index (κ1) is 26.1. The van der Waals surface area contributed by atoms with Gasteiger partial charge in [0.25, 0.3) is 0 Å². The summed E-state index contributed by atoms with van der Waals surface area (Å²) >= 11 is 0. The quantitative estimate of drug-likeness (QED) is 0.384. The summed E-state index contributed by atoms with van der Waals surface area (Å²) in [6.07, 6.45) is -5.45. The van der Waals surface area contributed by atoms with Gasteiger partial charge in [-0.2, -0.15) is 18.4 Å². The van der Waals surface area contributed by atoms with Gasteiger partial charge in [-0.25, -0.2) is 13.6 Å². The van der Waals surface area contributed by atoms with Gasteiger partial charge in [0.15, 0.2) is 0 Å². The third-order valence-corrected chi connectivity index (χ3v) is 6.13. The predicted molar refractivity (Wildman–Crippen MR) is 130 cm³/mol. The molecule has 1 aliphatic rings. The molecule has 5 nitrogen and oxygen atoms in total. The fourth-order valence-corrected chi connectivity index (χ4v) is 4.19. The van der Waals surface area contributed by atoms with Crippen LogP contribution in [-0.4, -0.2) is 43.3 Å². The molecule has 1 unspecified atom stereocenters. The van der Waals surface area contributed by atoms with Crippen molar-refractivity contribution in [2.75, 3.05) is 36.4 Å². The summed E-state index contributed by atoms with van der Waals surface area (Å²) < 4.78 is 66.7. The lowest BCUT2D eigenvalue weighted by atomic mass is 10.0. The minimum Gasteiger partial charge on any atom is -0.308 e. The van der Waals surface area contributed by atoms with Crippen LogP contribution in [0.15, 0.2) is 66.7 Å². The number of hydrogen-bond donors (Lipinski definition) is 1. The summed E-state index contributed by atoms with van der Waals surface area (Å²) in [6.45, 7) is 1.29. The van der Waals surface area contributed by atoms with Gasteiger partial charge in [-0.3, -0.25) is 9.80 Å². The average molecular weight is 514 g/mol. The van der Waals surface area contributed by atoms with Crippen LogP contribution in [0.3, 0.4) is 0 Å². The van der Waals surface area contributed by atoms with Gasteiger partial charge in [-0.15, -0.1) is 0 Å². The Morgan fingerprint density at radius 1 is 1.08 bits per heavy atom. The molecule has 0 spiro atoms. The van der Waals surface area contributed by atoms with E-state index in [1.165, 1.54) is 4.90 Å². The number of hydrogen-bond acceptors (Lipinski definition) is 3. The Labute approximate surface area is 210 Å². The number of anilines is 2. The highest BCUT2D eigenvalue weighted by Crippen LogP contribution is 2.33. The molecular weight excluding hydrogens is 491 g/mol. The summed E-state index contributed by atoms with van der Waals surface area (Å²) in [7, 11) is 0. The van der Waals surface area contributed by atoms with E-state index in [4.69, 9.17) is 5.26 Å². The number of nitriles is 1. The largest absolute Gasteiger partial charge is 0.419 e. The Hall–Kier alpha value is -3.97. The van der Waals surface area contributed by atoms with E-state index in [9.17, 15) is 26.7 Å². The van der Waals surface area contributed by atoms with Crippen molar-refractivity contribution in [2.24, 2.45) is 0 Å². The zero-order valence-electron chi connectivity index (χ0n) is 19.6. The van der Waals surface area contributed by atoms with E-state index >= 15 is 0 Å². The Kier molecular flexibility index (Phi) is 7.74. The standard InChI is InChI=1S/C27H23F5N4O/c28-21-10-11-35(17-21)12-13-36(26(37)34-22-6-9-25(29)24(15-22)27(30,31)32)23-7-4-19(5-8-23)20-3-1-2-18(14-20)16-33/h1-9,14-15,21H,10-13,17H2,(H,34,37). The second-order valence-corrected chi connectivity index (χ2v) is 8.70. The lowest BCUT2D eigenvalue weighted by molar-refractivity contribution is -0.139. The lowest BCUT2D eigenvalue weighted by Crippen LogP contribution is -2.40. The number of carbonyl (C=O) groups excluding carboxylic acids is 1. The van der Waals surface area contributed by atoms with Gasteiger partial charge >= 0.3 is 12.2 Å². The molecule has 1 atom stereocenters. The molecule has 0 bridgehead atoms. The van der Waals surface area contributed by atoms with Gasteiger partial charge < -0.3 is 5.32 Å². The minimum absolute atomic E-state index is 0.148. The first-order chi connectivity index (χ1) is 17.6. The maximum absolute atomic E-state index is 13.7. The number of halogens is 5. The van der Waals surface area contributed by atoms with Gasteiger partial charge in [-0.1, -0.05) is 24.3 Å². The highest BCUT2D eigenvalue weighted by molar-refractivity contribution is 6.02. The molecule has 2 amide bonds. The second kappa shape index (κ2) is 11.0. The van der Waals surface area contributed by atoms with Crippen LogP contribution in [0.1, 0.15) is 17.5 Å². The van der Waals surface area contributed by atoms with Crippen LogP contribution < -0.4 is 10.2 Å². The van der Waals surface area contributed by atoms with Crippen molar-refractivity contribution in [2.45, 2.75) is 18.8 Å². The molecule has 37 heavy (non-hydrogen) atoms. The lowest BCUT2D eigenvalue weighted by Gasteiger charge is -2.26. The summed E-state index contributed by atoms with van der Waals surface area (Å²) in [5, 5.41) is 11.6. The van der Waals surface area contributed by atoms with Crippen molar-refractivity contribution in [3.05, 3.63) is 83.7 Å². The smallest absolute Gasteiger partial charge is 0.308 e. The normalized spacial score (nSPS) is 15.8. The van der Waals surface area contributed by atoms with Gasteiger partial charge in [-0.05, 0) is 60.0 Å². The number of amides is 2. The van der Waals surface area contributed by atoms with Crippen LogP contribution in [-0.2, 0) is 6.18 Å². The minimum atomic E-state index is -4.91. The molecule has 1 fully saturated rings. The first-order valence-electron chi connectivity index (χ1n) is 11.6. The molecule has 1 aliphatic heterocycles. The second-order valence-electron chi connectivity index (χ2n) is 8.70. The maximum Gasteiger partial charge on any atom is 0.419 e. The summed E-state index contributed by atoms with van der Waals surface area (Å²) in [4.78, 5) is 16.4. The van der Waals surface area contributed by atoms with Crippen molar-refractivity contribution in [3.8, 4) is 17.2 Å². The van der Waals surface area contributed by atoms with Crippen molar-refractivity contribution < 1.29 is 26.7 Å². The van der Waals surface area contributed by atoms with E-state index in [2.05, 4.69) is 11.4 Å². The molecule has 0 aromatic heterocycles. The van der Waals surface area contributed by atoms with Crippen molar-refractivity contribution in [1.82, 2.24) is 4.90 Å². The number of nitrogens with zero attached hydrogens (tertiary/aromatic N) is 3. The summed E-state index contributed by atoms with van der Waals surface area (Å²) in [6, 6.07) is 17.5. The van der Waals surface area contributed by atoms with Crippen LogP contribution >= 0.6 is 0 Å². The third kappa shape index (κ3) is 6.43. The van der Waals surface area contributed by atoms with Crippen molar-refractivity contribution in [1.29, 1.82) is 5.26 Å². The zero-order chi connectivity index (χ0) is 26.6. The van der Waals surface area contributed by atoms with E-state index in [1.54, 1.807) is 42.5 Å². The Morgan fingerprint density at radius 2 is 1.84 bits per heavy atom. The number of rotatable bonds is 6. The predicted octanol–water partition coefficient (Wildman–Crippen LogP) is 6.47. The molecule has 0 radical (unpaired) electrons. The van der Waals surface area contributed by atoms with E-state index in [-0.39, 0.29) is 18.8 Å². The number of alkyl halides is 4. The molecule has 10 heteroatoms. The van der Waals surface area contributed by atoms with E-state index < -0.39 is 29.8 Å². The highest BCUT2D eigenvalue weighted by Gasteiger charge is 2.34. The Morgan fingerprint density at radius 3 is 2.49 bits per heavy atom. The van der Waals surface area contributed by atoms with Crippen LogP contribution in [0.2, 0.25) is 0 Å². The van der Waals surface area contributed by atoms with Crippen LogP contribution in [0.4, 0.5) is 38.1 Å². The molecular formula is C27H23F5N4O. The number of urea groups is 1. The number of likely N-dealkylation sites (tertiary alicyclic amines) is 1. The van der Waals surface area contributed by atoms with Crippen molar-refractivity contribution >= 4 is 17.4 Å². The third-order valence-electron chi connectivity index (χ3n) is 6.13. The van der Waals surface area contributed by atoms with Gasteiger partial charge in [0.1, 0.15) is 12.0 Å². The Bertz CT molecular complexity index is 1300. The molecule has 0 aliphatic carbocycles. The molecule has 3 aromatic rings. The fraction of sp³-hybridized carbons (Fsp3) is 0.259. The number of carbonyl (C=O) groups is 1. The molecule has 4 rings (SSSR count). The SMILES string of the molecule is N#Cc1cccc(-c2ccc(N(CCN3CCC(F)C3)C(=O)Nc3ccc(F)c(C(F)(F)F)c3)cc2)c1.